The summed E-state index contributed by atoms with van der Waals surface area (Å²) < 4.78 is 0. The van der Waals surface area contributed by atoms with Gasteiger partial charge in [-0.1, -0.05) is 30.3 Å². The molecule has 1 atom stereocenters. The van der Waals surface area contributed by atoms with E-state index in [1.54, 1.807) is 0 Å². The van der Waals surface area contributed by atoms with E-state index in [-0.39, 0.29) is 24.0 Å². The minimum Gasteiger partial charge on any atom is -0.357 e. The Morgan fingerprint density at radius 2 is 2.05 bits per heavy atom. The lowest BCUT2D eigenvalue weighted by Crippen LogP contribution is -2.43. The van der Waals surface area contributed by atoms with E-state index in [0.717, 1.165) is 31.5 Å². The lowest BCUT2D eigenvalue weighted by Gasteiger charge is -2.30. The number of aliphatic imine (C=N–C) groups is 1. The van der Waals surface area contributed by atoms with Crippen molar-refractivity contribution >= 4 is 29.9 Å². The predicted molar refractivity (Wildman–Crippen MR) is 105 cm³/mol. The third kappa shape index (κ3) is 6.96. The fraction of sp³-hybridized carbons (Fsp3) is 0.588. The van der Waals surface area contributed by atoms with Gasteiger partial charge in [0.2, 0.25) is 0 Å². The van der Waals surface area contributed by atoms with Crippen LogP contribution in [-0.4, -0.2) is 44.1 Å². The molecule has 4 nitrogen and oxygen atoms in total. The molecule has 1 aromatic carbocycles. The van der Waals surface area contributed by atoms with Gasteiger partial charge < -0.3 is 15.5 Å². The molecule has 1 unspecified atom stereocenters. The van der Waals surface area contributed by atoms with Gasteiger partial charge in [0.05, 0.1) is 6.54 Å². The number of likely N-dealkylation sites (tertiary alicyclic amines) is 1. The van der Waals surface area contributed by atoms with E-state index >= 15 is 0 Å². The largest absolute Gasteiger partial charge is 0.357 e. The molecule has 1 aliphatic heterocycles. The van der Waals surface area contributed by atoms with Gasteiger partial charge in [0.25, 0.3) is 0 Å². The van der Waals surface area contributed by atoms with Crippen LogP contribution in [0.1, 0.15) is 25.3 Å². The van der Waals surface area contributed by atoms with Gasteiger partial charge in [-0.3, -0.25) is 0 Å². The van der Waals surface area contributed by atoms with Crippen LogP contribution in [-0.2, 0) is 6.54 Å². The Labute approximate surface area is 151 Å². The van der Waals surface area contributed by atoms with E-state index in [1.165, 1.54) is 31.5 Å². The molecule has 1 aliphatic rings. The van der Waals surface area contributed by atoms with Crippen LogP contribution in [0.2, 0.25) is 0 Å². The first-order valence-corrected chi connectivity index (χ1v) is 8.02. The van der Waals surface area contributed by atoms with Crippen molar-refractivity contribution in [2.24, 2.45) is 10.9 Å². The number of benzene rings is 1. The molecule has 1 aromatic rings. The van der Waals surface area contributed by atoms with Crippen LogP contribution in [0.15, 0.2) is 35.3 Å². The summed E-state index contributed by atoms with van der Waals surface area (Å²) in [7, 11) is 2.21. The summed E-state index contributed by atoms with van der Waals surface area (Å²) in [5.41, 5.74) is 1.24. The molecule has 0 radical (unpaired) electrons. The molecular formula is C17H29IN4. The molecule has 0 amide bonds. The number of hydrogen-bond donors (Lipinski definition) is 2. The van der Waals surface area contributed by atoms with E-state index < -0.39 is 0 Å². The Balaban J connectivity index is 0.00000242. The second-order valence-electron chi connectivity index (χ2n) is 5.83. The number of nitrogens with zero attached hydrogens (tertiary/aromatic N) is 2. The number of rotatable bonds is 5. The highest BCUT2D eigenvalue weighted by molar-refractivity contribution is 14.0. The summed E-state index contributed by atoms with van der Waals surface area (Å²) in [6, 6.07) is 10.4. The Morgan fingerprint density at radius 3 is 2.73 bits per heavy atom. The van der Waals surface area contributed by atoms with Crippen molar-refractivity contribution in [3.63, 3.8) is 0 Å². The van der Waals surface area contributed by atoms with Crippen LogP contribution in [0, 0.1) is 5.92 Å². The van der Waals surface area contributed by atoms with E-state index in [2.05, 4.69) is 58.8 Å². The summed E-state index contributed by atoms with van der Waals surface area (Å²) in [5.74, 6) is 1.65. The van der Waals surface area contributed by atoms with Crippen LogP contribution in [0.4, 0.5) is 0 Å². The van der Waals surface area contributed by atoms with Crippen molar-refractivity contribution in [1.82, 2.24) is 15.5 Å². The maximum atomic E-state index is 4.67. The van der Waals surface area contributed by atoms with Crippen molar-refractivity contribution in [1.29, 1.82) is 0 Å². The van der Waals surface area contributed by atoms with Crippen LogP contribution in [0.25, 0.3) is 0 Å². The first-order valence-electron chi connectivity index (χ1n) is 8.02. The Kier molecular flexibility index (Phi) is 9.47. The molecular weight excluding hydrogens is 387 g/mol. The highest BCUT2D eigenvalue weighted by atomic mass is 127. The number of hydrogen-bond acceptors (Lipinski definition) is 2. The highest BCUT2D eigenvalue weighted by Gasteiger charge is 2.17. The lowest BCUT2D eigenvalue weighted by molar-refractivity contribution is 0.210. The summed E-state index contributed by atoms with van der Waals surface area (Å²) in [6.45, 7) is 7.15. The highest BCUT2D eigenvalue weighted by Crippen LogP contribution is 2.13. The fourth-order valence-corrected chi connectivity index (χ4v) is 2.78. The maximum Gasteiger partial charge on any atom is 0.191 e. The molecule has 0 bridgehead atoms. The molecule has 1 heterocycles. The minimum atomic E-state index is 0. The molecule has 124 valence electrons. The van der Waals surface area contributed by atoms with Gasteiger partial charge in [0.15, 0.2) is 5.96 Å². The molecule has 2 rings (SSSR count). The van der Waals surface area contributed by atoms with Crippen molar-refractivity contribution in [3.05, 3.63) is 35.9 Å². The van der Waals surface area contributed by atoms with Crippen LogP contribution in [0.5, 0.6) is 0 Å². The summed E-state index contributed by atoms with van der Waals surface area (Å²) in [5, 5.41) is 6.82. The molecule has 22 heavy (non-hydrogen) atoms. The summed E-state index contributed by atoms with van der Waals surface area (Å²) in [4.78, 5) is 7.09. The van der Waals surface area contributed by atoms with Gasteiger partial charge >= 0.3 is 0 Å². The van der Waals surface area contributed by atoms with Crippen molar-refractivity contribution < 1.29 is 0 Å². The van der Waals surface area contributed by atoms with Gasteiger partial charge in [-0.05, 0) is 44.8 Å². The average Bonchev–Trinajstić information content (AvgIpc) is 2.51. The van der Waals surface area contributed by atoms with E-state index in [1.807, 2.05) is 6.07 Å². The number of piperidine rings is 1. The van der Waals surface area contributed by atoms with Gasteiger partial charge in [0.1, 0.15) is 0 Å². The Hall–Kier alpha value is -0.820. The number of halogens is 1. The zero-order chi connectivity index (χ0) is 14.9. The predicted octanol–water partition coefficient (Wildman–Crippen LogP) is 2.70. The second kappa shape index (κ2) is 10.8. The smallest absolute Gasteiger partial charge is 0.191 e. The first-order chi connectivity index (χ1) is 10.3. The monoisotopic (exact) mass is 416 g/mol. The van der Waals surface area contributed by atoms with E-state index in [0.29, 0.717) is 0 Å². The van der Waals surface area contributed by atoms with Crippen LogP contribution >= 0.6 is 24.0 Å². The SMILES string of the molecule is CCNC(=NCc1ccccc1)NCC1CCCN(C)C1.I. The molecule has 5 heteroatoms. The second-order valence-corrected chi connectivity index (χ2v) is 5.83. The van der Waals surface area contributed by atoms with Crippen molar-refractivity contribution in [3.8, 4) is 0 Å². The fourth-order valence-electron chi connectivity index (χ4n) is 2.78. The Bertz CT molecular complexity index is 436. The minimum absolute atomic E-state index is 0. The molecule has 1 fully saturated rings. The zero-order valence-electron chi connectivity index (χ0n) is 13.7. The lowest BCUT2D eigenvalue weighted by atomic mass is 9.99. The van der Waals surface area contributed by atoms with E-state index in [4.69, 9.17) is 0 Å². The zero-order valence-corrected chi connectivity index (χ0v) is 16.0. The maximum absolute atomic E-state index is 4.67. The Morgan fingerprint density at radius 1 is 1.27 bits per heavy atom. The molecule has 1 saturated heterocycles. The van der Waals surface area contributed by atoms with Crippen LogP contribution < -0.4 is 10.6 Å². The quantitative estimate of drug-likeness (QED) is 0.441. The average molecular weight is 416 g/mol. The topological polar surface area (TPSA) is 39.7 Å². The van der Waals surface area contributed by atoms with Crippen molar-refractivity contribution in [2.75, 3.05) is 33.2 Å². The molecule has 0 spiro atoms. The molecule has 0 aliphatic carbocycles. The number of nitrogens with one attached hydrogen (secondary N) is 2. The van der Waals surface area contributed by atoms with Crippen LogP contribution in [0.3, 0.4) is 0 Å². The first kappa shape index (κ1) is 19.2. The number of guanidine groups is 1. The summed E-state index contributed by atoms with van der Waals surface area (Å²) >= 11 is 0. The van der Waals surface area contributed by atoms with Crippen molar-refractivity contribution in [2.45, 2.75) is 26.3 Å². The third-order valence-corrected chi connectivity index (χ3v) is 3.89. The van der Waals surface area contributed by atoms with E-state index in [9.17, 15) is 0 Å². The third-order valence-electron chi connectivity index (χ3n) is 3.89. The molecule has 2 N–H and O–H groups in total. The normalized spacial score (nSPS) is 19.4. The summed E-state index contributed by atoms with van der Waals surface area (Å²) in [6.07, 6.45) is 2.62. The van der Waals surface area contributed by atoms with Gasteiger partial charge in [-0.25, -0.2) is 4.99 Å². The molecule has 0 aromatic heterocycles. The standard InChI is InChI=1S/C17H28N4.HI/c1-3-18-17(19-12-15-8-5-4-6-9-15)20-13-16-10-7-11-21(2)14-16;/h4-6,8-9,16H,3,7,10-14H2,1-2H3,(H2,18,19,20);1H. The van der Waals surface area contributed by atoms with Gasteiger partial charge in [-0.15, -0.1) is 24.0 Å². The molecule has 0 saturated carbocycles. The van der Waals surface area contributed by atoms with Gasteiger partial charge in [0, 0.05) is 19.6 Å². The van der Waals surface area contributed by atoms with Gasteiger partial charge in [-0.2, -0.15) is 0 Å².